The van der Waals surface area contributed by atoms with Crippen LogP contribution in [0.25, 0.3) is 21.8 Å². The lowest BCUT2D eigenvalue weighted by Crippen LogP contribution is -2.22. The average molecular weight is 325 g/mol. The molecule has 1 heterocycles. The van der Waals surface area contributed by atoms with E-state index >= 15 is 0 Å². The van der Waals surface area contributed by atoms with Crippen molar-refractivity contribution < 1.29 is 4.74 Å². The zero-order valence-electron chi connectivity index (χ0n) is 14.0. The minimum Gasteiger partial charge on any atom is -0.361 e. The Hall–Kier alpha value is -1.91. The first kappa shape index (κ1) is 16.0. The largest absolute Gasteiger partial charge is 0.361 e. The molecule has 1 aromatic heterocycles. The molecule has 0 aliphatic carbocycles. The molecule has 4 heteroatoms. The number of ether oxygens (including phenoxy) is 1. The molecule has 0 spiro atoms. The first-order valence-corrected chi connectivity index (χ1v) is 11.8. The first-order chi connectivity index (χ1) is 11.0. The van der Waals surface area contributed by atoms with E-state index in [-0.39, 0.29) is 5.43 Å². The Morgan fingerprint density at radius 1 is 0.913 bits per heavy atom. The van der Waals surface area contributed by atoms with Gasteiger partial charge >= 0.3 is 0 Å². The Morgan fingerprint density at radius 2 is 1.43 bits per heavy atom. The number of hydrogen-bond donors (Lipinski definition) is 0. The fraction of sp³-hybridized carbons (Fsp3) is 0.316. The van der Waals surface area contributed by atoms with Gasteiger partial charge in [0.2, 0.25) is 0 Å². The Labute approximate surface area is 137 Å². The highest BCUT2D eigenvalue weighted by molar-refractivity contribution is 6.76. The number of aromatic nitrogens is 1. The summed E-state index contributed by atoms with van der Waals surface area (Å²) >= 11 is 0. The summed E-state index contributed by atoms with van der Waals surface area (Å²) < 4.78 is 8.05. The molecule has 0 unspecified atom stereocenters. The molecule has 0 fully saturated rings. The van der Waals surface area contributed by atoms with Crippen molar-refractivity contribution in [1.82, 2.24) is 4.57 Å². The summed E-state index contributed by atoms with van der Waals surface area (Å²) in [4.78, 5) is 12.7. The van der Waals surface area contributed by atoms with Crippen molar-refractivity contribution in [3.8, 4) is 0 Å². The van der Waals surface area contributed by atoms with Crippen LogP contribution >= 0.6 is 0 Å². The monoisotopic (exact) mass is 325 g/mol. The summed E-state index contributed by atoms with van der Waals surface area (Å²) in [5, 5.41) is 1.50. The van der Waals surface area contributed by atoms with Crippen LogP contribution in [0.2, 0.25) is 25.7 Å². The van der Waals surface area contributed by atoms with E-state index < -0.39 is 8.07 Å². The van der Waals surface area contributed by atoms with Gasteiger partial charge in [0.15, 0.2) is 5.43 Å². The van der Waals surface area contributed by atoms with Gasteiger partial charge in [-0.1, -0.05) is 43.9 Å². The number of para-hydroxylation sites is 2. The lowest BCUT2D eigenvalue weighted by atomic mass is 10.1. The van der Waals surface area contributed by atoms with Gasteiger partial charge in [0.1, 0.15) is 6.73 Å². The van der Waals surface area contributed by atoms with E-state index in [4.69, 9.17) is 4.74 Å². The quantitative estimate of drug-likeness (QED) is 0.394. The van der Waals surface area contributed by atoms with E-state index in [0.29, 0.717) is 6.73 Å². The molecule has 3 aromatic rings. The maximum atomic E-state index is 12.7. The van der Waals surface area contributed by atoms with Crippen LogP contribution in [-0.4, -0.2) is 19.2 Å². The molecule has 0 atom stereocenters. The van der Waals surface area contributed by atoms with Crippen molar-refractivity contribution in [2.45, 2.75) is 32.4 Å². The molecule has 0 aliphatic rings. The van der Waals surface area contributed by atoms with Gasteiger partial charge in [0.05, 0.1) is 11.0 Å². The highest BCUT2D eigenvalue weighted by atomic mass is 28.3. The van der Waals surface area contributed by atoms with Gasteiger partial charge in [0.25, 0.3) is 0 Å². The Kier molecular flexibility index (Phi) is 4.37. The topological polar surface area (TPSA) is 31.2 Å². The second kappa shape index (κ2) is 6.30. The fourth-order valence-corrected chi connectivity index (χ4v) is 3.51. The van der Waals surface area contributed by atoms with Crippen molar-refractivity contribution in [3.63, 3.8) is 0 Å². The Balaban J connectivity index is 2.03. The summed E-state index contributed by atoms with van der Waals surface area (Å²) in [6.45, 7) is 8.29. The van der Waals surface area contributed by atoms with Gasteiger partial charge in [-0.2, -0.15) is 0 Å². The van der Waals surface area contributed by atoms with Crippen LogP contribution in [0.5, 0.6) is 0 Å². The molecule has 0 amide bonds. The van der Waals surface area contributed by atoms with E-state index in [1.807, 2.05) is 48.5 Å². The molecule has 0 radical (unpaired) electrons. The van der Waals surface area contributed by atoms with Crippen molar-refractivity contribution in [2.75, 3.05) is 6.61 Å². The second-order valence-electron chi connectivity index (χ2n) is 7.14. The summed E-state index contributed by atoms with van der Waals surface area (Å²) in [6.07, 6.45) is 0. The van der Waals surface area contributed by atoms with E-state index in [1.165, 1.54) is 0 Å². The van der Waals surface area contributed by atoms with Crippen molar-refractivity contribution in [3.05, 3.63) is 58.8 Å². The van der Waals surface area contributed by atoms with Gasteiger partial charge in [0, 0.05) is 25.5 Å². The third kappa shape index (κ3) is 3.38. The van der Waals surface area contributed by atoms with Gasteiger partial charge in [-0.25, -0.2) is 0 Å². The molecule has 0 saturated carbocycles. The second-order valence-corrected chi connectivity index (χ2v) is 12.8. The zero-order chi connectivity index (χ0) is 16.4. The van der Waals surface area contributed by atoms with Crippen LogP contribution < -0.4 is 5.43 Å². The molecule has 3 nitrogen and oxygen atoms in total. The van der Waals surface area contributed by atoms with E-state index in [2.05, 4.69) is 24.2 Å². The normalized spacial score (nSPS) is 12.1. The number of rotatable bonds is 5. The van der Waals surface area contributed by atoms with Crippen LogP contribution in [0, 0.1) is 0 Å². The molecule has 0 saturated heterocycles. The van der Waals surface area contributed by atoms with E-state index in [9.17, 15) is 4.79 Å². The van der Waals surface area contributed by atoms with Gasteiger partial charge in [-0.3, -0.25) is 4.79 Å². The van der Waals surface area contributed by atoms with Crippen LogP contribution in [0.15, 0.2) is 53.3 Å². The molecule has 120 valence electrons. The zero-order valence-corrected chi connectivity index (χ0v) is 15.0. The van der Waals surface area contributed by atoms with Gasteiger partial charge < -0.3 is 9.30 Å². The van der Waals surface area contributed by atoms with Crippen molar-refractivity contribution >= 4 is 29.9 Å². The third-order valence-corrected chi connectivity index (χ3v) is 5.80. The Morgan fingerprint density at radius 3 is 1.96 bits per heavy atom. The van der Waals surface area contributed by atoms with Crippen LogP contribution in [0.1, 0.15) is 0 Å². The summed E-state index contributed by atoms with van der Waals surface area (Å²) in [5.41, 5.74) is 1.96. The molecule has 2 aromatic carbocycles. The minimum atomic E-state index is -1.10. The minimum absolute atomic E-state index is 0.0922. The number of benzene rings is 2. The number of hydrogen-bond acceptors (Lipinski definition) is 2. The van der Waals surface area contributed by atoms with Crippen LogP contribution in [0.3, 0.4) is 0 Å². The lowest BCUT2D eigenvalue weighted by Gasteiger charge is -2.18. The van der Waals surface area contributed by atoms with Crippen molar-refractivity contribution in [2.24, 2.45) is 0 Å². The van der Waals surface area contributed by atoms with E-state index in [1.54, 1.807) is 0 Å². The van der Waals surface area contributed by atoms with Crippen LogP contribution in [0.4, 0.5) is 0 Å². The molecule has 23 heavy (non-hydrogen) atoms. The van der Waals surface area contributed by atoms with Gasteiger partial charge in [-0.15, -0.1) is 0 Å². The number of pyridine rings is 1. The van der Waals surface area contributed by atoms with Gasteiger partial charge in [-0.05, 0) is 30.3 Å². The first-order valence-electron chi connectivity index (χ1n) is 8.05. The third-order valence-electron chi connectivity index (χ3n) is 4.10. The highest BCUT2D eigenvalue weighted by Crippen LogP contribution is 2.19. The average Bonchev–Trinajstić information content (AvgIpc) is 2.53. The summed E-state index contributed by atoms with van der Waals surface area (Å²) in [7, 11) is -1.10. The van der Waals surface area contributed by atoms with E-state index in [0.717, 1.165) is 34.5 Å². The van der Waals surface area contributed by atoms with Crippen LogP contribution in [-0.2, 0) is 11.5 Å². The fourth-order valence-electron chi connectivity index (χ4n) is 2.75. The van der Waals surface area contributed by atoms with Crippen molar-refractivity contribution in [1.29, 1.82) is 0 Å². The predicted molar refractivity (Wildman–Crippen MR) is 99.8 cm³/mol. The smallest absolute Gasteiger partial charge is 0.197 e. The highest BCUT2D eigenvalue weighted by Gasteiger charge is 2.13. The Bertz CT molecular complexity index is 833. The molecule has 0 N–H and O–H groups in total. The molecule has 3 rings (SSSR count). The SMILES string of the molecule is C[Si](C)(C)CCOCn1c2ccccc2c(=O)c2ccccc21. The standard InChI is InChI=1S/C19H23NO2Si/c1-23(2,3)13-12-22-14-20-17-10-6-4-8-15(17)19(21)16-9-5-7-11-18(16)20/h4-11H,12-14H2,1-3H3. The predicted octanol–water partition coefficient (Wildman–Crippen LogP) is 4.47. The summed E-state index contributed by atoms with van der Waals surface area (Å²) in [6, 6.07) is 16.7. The molecular formula is C19H23NO2Si. The molecular weight excluding hydrogens is 302 g/mol. The summed E-state index contributed by atoms with van der Waals surface area (Å²) in [5.74, 6) is 0. The number of nitrogens with zero attached hydrogens (tertiary/aromatic N) is 1. The lowest BCUT2D eigenvalue weighted by molar-refractivity contribution is 0.0927. The number of fused-ring (bicyclic) bond motifs is 2. The molecule has 0 bridgehead atoms. The molecule has 0 aliphatic heterocycles. The maximum absolute atomic E-state index is 12.7. The maximum Gasteiger partial charge on any atom is 0.197 e.